The first-order valence-corrected chi connectivity index (χ1v) is 8.70. The van der Waals surface area contributed by atoms with E-state index >= 15 is 0 Å². The number of hydrogen-bond acceptors (Lipinski definition) is 3. The lowest BCUT2D eigenvalue weighted by Crippen LogP contribution is -2.44. The van der Waals surface area contributed by atoms with Gasteiger partial charge in [0.25, 0.3) is 0 Å². The summed E-state index contributed by atoms with van der Waals surface area (Å²) >= 11 is 0. The van der Waals surface area contributed by atoms with Gasteiger partial charge in [0.05, 0.1) is 5.41 Å². The molecule has 24 heavy (non-hydrogen) atoms. The molecule has 0 amide bonds. The van der Waals surface area contributed by atoms with E-state index in [4.69, 9.17) is 0 Å². The lowest BCUT2D eigenvalue weighted by molar-refractivity contribution is -0.152. The monoisotopic (exact) mass is 333 g/mol. The van der Waals surface area contributed by atoms with Crippen LogP contribution in [0.4, 0.5) is 4.39 Å². The zero-order chi connectivity index (χ0) is 17.2. The van der Waals surface area contributed by atoms with Gasteiger partial charge in [-0.2, -0.15) is 0 Å². The summed E-state index contributed by atoms with van der Waals surface area (Å²) in [5.74, 6) is -1.29. The van der Waals surface area contributed by atoms with E-state index in [0.29, 0.717) is 32.5 Å². The molecule has 1 aliphatic heterocycles. The Balaban J connectivity index is 1.76. The predicted molar refractivity (Wildman–Crippen MR) is 88.3 cm³/mol. The van der Waals surface area contributed by atoms with E-state index in [2.05, 4.69) is 4.90 Å². The van der Waals surface area contributed by atoms with Crippen molar-refractivity contribution >= 4 is 12.3 Å². The molecule has 4 nitrogen and oxygen atoms in total. The molecule has 5 heteroatoms. The topological polar surface area (TPSA) is 57.6 Å². The molecule has 1 aromatic rings. The first-order chi connectivity index (χ1) is 11.5. The third-order valence-electron chi connectivity index (χ3n) is 5.68. The number of benzene rings is 1. The average molecular weight is 333 g/mol. The Bertz CT molecular complexity index is 612. The fourth-order valence-electron chi connectivity index (χ4n) is 4.37. The standard InChI is InChI=1S/C19H24FNO3/c20-16-6-4-5-14(9-16)17-11-21(10-15(17)12-22)13-19(18(23)24)7-2-1-3-8-19/h4-6,9,12,15,17H,1-3,7-8,10-11,13H2,(H,23,24). The largest absolute Gasteiger partial charge is 0.481 e. The van der Waals surface area contributed by atoms with Crippen LogP contribution >= 0.6 is 0 Å². The Kier molecular flexibility index (Phi) is 4.99. The van der Waals surface area contributed by atoms with Crippen LogP contribution < -0.4 is 0 Å². The van der Waals surface area contributed by atoms with Crippen molar-refractivity contribution in [1.29, 1.82) is 0 Å². The van der Waals surface area contributed by atoms with Crippen molar-refractivity contribution in [2.24, 2.45) is 11.3 Å². The lowest BCUT2D eigenvalue weighted by atomic mass is 9.73. The second-order valence-electron chi connectivity index (χ2n) is 7.30. The van der Waals surface area contributed by atoms with Crippen molar-refractivity contribution in [2.45, 2.75) is 38.0 Å². The van der Waals surface area contributed by atoms with Crippen LogP contribution in [-0.4, -0.2) is 41.9 Å². The van der Waals surface area contributed by atoms with E-state index in [1.165, 1.54) is 12.1 Å². The van der Waals surface area contributed by atoms with E-state index < -0.39 is 11.4 Å². The van der Waals surface area contributed by atoms with Crippen molar-refractivity contribution in [2.75, 3.05) is 19.6 Å². The van der Waals surface area contributed by atoms with Crippen LogP contribution in [0.15, 0.2) is 24.3 Å². The Morgan fingerprint density at radius 2 is 2.04 bits per heavy atom. The summed E-state index contributed by atoms with van der Waals surface area (Å²) < 4.78 is 13.5. The van der Waals surface area contributed by atoms with Gasteiger partial charge in [-0.1, -0.05) is 31.4 Å². The third kappa shape index (κ3) is 3.36. The Labute approximate surface area is 141 Å². The van der Waals surface area contributed by atoms with Crippen LogP contribution in [0.3, 0.4) is 0 Å². The molecule has 2 atom stereocenters. The fourth-order valence-corrected chi connectivity index (χ4v) is 4.37. The summed E-state index contributed by atoms with van der Waals surface area (Å²) in [5.41, 5.74) is 0.130. The van der Waals surface area contributed by atoms with Crippen molar-refractivity contribution in [3.8, 4) is 0 Å². The van der Waals surface area contributed by atoms with Crippen molar-refractivity contribution < 1.29 is 19.1 Å². The number of aliphatic carboxylic acids is 1. The van der Waals surface area contributed by atoms with Gasteiger partial charge < -0.3 is 14.8 Å². The van der Waals surface area contributed by atoms with Crippen LogP contribution in [0, 0.1) is 17.2 Å². The third-order valence-corrected chi connectivity index (χ3v) is 5.68. The van der Waals surface area contributed by atoms with E-state index in [1.807, 2.05) is 6.07 Å². The maximum atomic E-state index is 13.5. The van der Waals surface area contributed by atoms with Gasteiger partial charge in [-0.3, -0.25) is 4.79 Å². The molecule has 1 heterocycles. The summed E-state index contributed by atoms with van der Waals surface area (Å²) in [6, 6.07) is 6.39. The van der Waals surface area contributed by atoms with Crippen molar-refractivity contribution in [3.05, 3.63) is 35.6 Å². The molecular weight excluding hydrogens is 309 g/mol. The molecule has 1 saturated heterocycles. The molecule has 2 unspecified atom stereocenters. The SMILES string of the molecule is O=CC1CN(CC2(C(=O)O)CCCCC2)CC1c1cccc(F)c1. The molecule has 0 aromatic heterocycles. The average Bonchev–Trinajstić information content (AvgIpc) is 2.98. The molecule has 0 spiro atoms. The number of hydrogen-bond donors (Lipinski definition) is 1. The normalized spacial score (nSPS) is 27.0. The highest BCUT2D eigenvalue weighted by Gasteiger charge is 2.44. The summed E-state index contributed by atoms with van der Waals surface area (Å²) in [7, 11) is 0. The molecular formula is C19H24FNO3. The van der Waals surface area contributed by atoms with Gasteiger partial charge in [-0.05, 0) is 30.5 Å². The minimum absolute atomic E-state index is 0.0624. The van der Waals surface area contributed by atoms with E-state index in [9.17, 15) is 19.1 Å². The minimum Gasteiger partial charge on any atom is -0.481 e. The maximum Gasteiger partial charge on any atom is 0.310 e. The van der Waals surface area contributed by atoms with E-state index in [0.717, 1.165) is 31.1 Å². The summed E-state index contributed by atoms with van der Waals surface area (Å²) in [4.78, 5) is 25.4. The Hall–Kier alpha value is -1.75. The lowest BCUT2D eigenvalue weighted by Gasteiger charge is -2.36. The summed E-state index contributed by atoms with van der Waals surface area (Å²) in [5, 5.41) is 9.75. The number of carbonyl (C=O) groups excluding carboxylic acids is 1. The Morgan fingerprint density at radius 1 is 1.29 bits per heavy atom. The van der Waals surface area contributed by atoms with Gasteiger partial charge >= 0.3 is 5.97 Å². The Morgan fingerprint density at radius 3 is 2.67 bits per heavy atom. The van der Waals surface area contributed by atoms with Crippen LogP contribution in [0.2, 0.25) is 0 Å². The first-order valence-electron chi connectivity index (χ1n) is 8.70. The molecule has 3 rings (SSSR count). The smallest absolute Gasteiger partial charge is 0.310 e. The quantitative estimate of drug-likeness (QED) is 0.842. The van der Waals surface area contributed by atoms with Gasteiger partial charge in [0, 0.05) is 31.5 Å². The highest BCUT2D eigenvalue weighted by molar-refractivity contribution is 5.75. The van der Waals surface area contributed by atoms with Gasteiger partial charge in [0.1, 0.15) is 12.1 Å². The second-order valence-corrected chi connectivity index (χ2v) is 7.30. The highest BCUT2D eigenvalue weighted by atomic mass is 19.1. The maximum absolute atomic E-state index is 13.5. The summed E-state index contributed by atoms with van der Waals surface area (Å²) in [6.07, 6.45) is 5.33. The van der Waals surface area contributed by atoms with Crippen molar-refractivity contribution in [3.63, 3.8) is 0 Å². The highest BCUT2D eigenvalue weighted by Crippen LogP contribution is 2.40. The van der Waals surface area contributed by atoms with Gasteiger partial charge in [0.15, 0.2) is 0 Å². The van der Waals surface area contributed by atoms with Crippen LogP contribution in [0.25, 0.3) is 0 Å². The second kappa shape index (κ2) is 7.01. The minimum atomic E-state index is -0.723. The number of nitrogens with zero attached hydrogens (tertiary/aromatic N) is 1. The van der Waals surface area contributed by atoms with E-state index in [-0.39, 0.29) is 17.7 Å². The molecule has 1 N–H and O–H groups in total. The number of carboxylic acid groups (broad SMARTS) is 1. The molecule has 1 aromatic carbocycles. The fraction of sp³-hybridized carbons (Fsp3) is 0.579. The van der Waals surface area contributed by atoms with E-state index in [1.54, 1.807) is 6.07 Å². The molecule has 2 aliphatic rings. The van der Waals surface area contributed by atoms with Gasteiger partial charge in [0.2, 0.25) is 0 Å². The zero-order valence-electron chi connectivity index (χ0n) is 13.8. The van der Waals surface area contributed by atoms with Crippen LogP contribution in [-0.2, 0) is 9.59 Å². The molecule has 1 aliphatic carbocycles. The van der Waals surface area contributed by atoms with Gasteiger partial charge in [-0.25, -0.2) is 4.39 Å². The number of rotatable bonds is 5. The first kappa shape index (κ1) is 17.1. The number of carbonyl (C=O) groups is 2. The van der Waals surface area contributed by atoms with Crippen LogP contribution in [0.1, 0.15) is 43.6 Å². The molecule has 0 bridgehead atoms. The molecule has 0 radical (unpaired) electrons. The zero-order valence-corrected chi connectivity index (χ0v) is 13.8. The number of likely N-dealkylation sites (tertiary alicyclic amines) is 1. The van der Waals surface area contributed by atoms with Crippen LogP contribution in [0.5, 0.6) is 0 Å². The number of halogens is 1. The molecule has 2 fully saturated rings. The van der Waals surface area contributed by atoms with Crippen molar-refractivity contribution in [1.82, 2.24) is 4.90 Å². The predicted octanol–water partition coefficient (Wildman–Crippen LogP) is 3.08. The number of aldehydes is 1. The molecule has 1 saturated carbocycles. The number of carboxylic acids is 1. The molecule has 130 valence electrons. The van der Waals surface area contributed by atoms with Gasteiger partial charge in [-0.15, -0.1) is 0 Å². The summed E-state index contributed by atoms with van der Waals surface area (Å²) in [6.45, 7) is 1.65.